The number of rotatable bonds is 0. The number of cyclic esters (lactones) is 1. The van der Waals surface area contributed by atoms with E-state index in [1.54, 1.807) is 6.08 Å². The molecular formula is C10H14O4. The summed E-state index contributed by atoms with van der Waals surface area (Å²) in [4.78, 5) is 11.2. The predicted molar refractivity (Wildman–Crippen MR) is 48.6 cm³/mol. The zero-order valence-corrected chi connectivity index (χ0v) is 8.05. The first-order valence-corrected chi connectivity index (χ1v) is 4.86. The Morgan fingerprint density at radius 2 is 2.29 bits per heavy atom. The number of esters is 1. The van der Waals surface area contributed by atoms with Gasteiger partial charge >= 0.3 is 5.97 Å². The van der Waals surface area contributed by atoms with Crippen molar-refractivity contribution >= 4 is 5.97 Å². The van der Waals surface area contributed by atoms with Crippen molar-refractivity contribution in [3.63, 3.8) is 0 Å². The fourth-order valence-corrected chi connectivity index (χ4v) is 1.64. The monoisotopic (exact) mass is 198 g/mol. The number of carbonyl (C=O) groups is 1. The van der Waals surface area contributed by atoms with E-state index in [-0.39, 0.29) is 30.7 Å². The van der Waals surface area contributed by atoms with Crippen LogP contribution in [0, 0.1) is 0 Å². The molecule has 4 atom stereocenters. The molecule has 0 aliphatic carbocycles. The van der Waals surface area contributed by atoms with Gasteiger partial charge in [-0.15, -0.1) is 0 Å². The Bertz CT molecular complexity index is 261. The van der Waals surface area contributed by atoms with Crippen molar-refractivity contribution in [2.45, 2.75) is 44.2 Å². The van der Waals surface area contributed by atoms with Gasteiger partial charge in [0.25, 0.3) is 0 Å². The first kappa shape index (κ1) is 9.68. The predicted octanol–water partition coefficient (Wildman–Crippen LogP) is 0.396. The van der Waals surface area contributed by atoms with E-state index in [9.17, 15) is 9.90 Å². The fraction of sp³-hybridized carbons (Fsp3) is 0.700. The lowest BCUT2D eigenvalue weighted by Gasteiger charge is -2.13. The Morgan fingerprint density at radius 1 is 1.50 bits per heavy atom. The maximum atomic E-state index is 11.2. The van der Waals surface area contributed by atoms with Crippen molar-refractivity contribution in [2.24, 2.45) is 0 Å². The molecule has 1 fully saturated rings. The number of aliphatic hydroxyl groups excluding tert-OH is 1. The summed E-state index contributed by atoms with van der Waals surface area (Å²) in [5.74, 6) is -0.353. The Hall–Kier alpha value is -0.870. The Kier molecular flexibility index (Phi) is 2.56. The Morgan fingerprint density at radius 3 is 3.07 bits per heavy atom. The minimum atomic E-state index is -0.752. The molecule has 0 spiro atoms. The molecule has 4 nitrogen and oxygen atoms in total. The topological polar surface area (TPSA) is 59.1 Å². The third-order valence-corrected chi connectivity index (χ3v) is 2.42. The zero-order valence-electron chi connectivity index (χ0n) is 8.05. The van der Waals surface area contributed by atoms with Crippen LogP contribution in [0.5, 0.6) is 0 Å². The summed E-state index contributed by atoms with van der Waals surface area (Å²) in [6, 6.07) is 0. The second kappa shape index (κ2) is 3.71. The highest BCUT2D eigenvalue weighted by Gasteiger charge is 2.38. The standard InChI is InChI=1S/C10H14O4/c1-6-4-9-8(14-9)3-2-7(11)5-10(12)13-6/h2-3,6-9,11H,4-5H2,1H3/t6-,7-,8-,9+/m1/s1. The first-order valence-electron chi connectivity index (χ1n) is 4.86. The molecule has 0 saturated carbocycles. The van der Waals surface area contributed by atoms with Crippen molar-refractivity contribution < 1.29 is 19.4 Å². The number of ether oxygens (including phenoxy) is 2. The molecule has 2 aliphatic heterocycles. The van der Waals surface area contributed by atoms with Crippen LogP contribution in [-0.4, -0.2) is 35.5 Å². The van der Waals surface area contributed by atoms with Gasteiger partial charge in [0, 0.05) is 6.42 Å². The lowest BCUT2D eigenvalue weighted by molar-refractivity contribution is -0.150. The number of carbonyl (C=O) groups excluding carboxylic acids is 1. The van der Waals surface area contributed by atoms with Crippen LogP contribution >= 0.6 is 0 Å². The molecule has 0 aromatic rings. The molecule has 1 saturated heterocycles. The molecule has 0 unspecified atom stereocenters. The molecule has 0 amide bonds. The van der Waals surface area contributed by atoms with Gasteiger partial charge in [-0.2, -0.15) is 0 Å². The van der Waals surface area contributed by atoms with Gasteiger partial charge in [-0.1, -0.05) is 12.2 Å². The average Bonchev–Trinajstić information content (AvgIpc) is 2.78. The third-order valence-electron chi connectivity index (χ3n) is 2.42. The quantitative estimate of drug-likeness (QED) is 0.347. The van der Waals surface area contributed by atoms with Crippen LogP contribution in [0.1, 0.15) is 19.8 Å². The van der Waals surface area contributed by atoms with E-state index < -0.39 is 6.10 Å². The largest absolute Gasteiger partial charge is 0.462 e. The fourth-order valence-electron chi connectivity index (χ4n) is 1.64. The van der Waals surface area contributed by atoms with Crippen LogP contribution in [0.2, 0.25) is 0 Å². The highest BCUT2D eigenvalue weighted by Crippen LogP contribution is 2.29. The minimum Gasteiger partial charge on any atom is -0.462 e. The van der Waals surface area contributed by atoms with Crippen LogP contribution in [-0.2, 0) is 14.3 Å². The lowest BCUT2D eigenvalue weighted by Crippen LogP contribution is -2.21. The maximum Gasteiger partial charge on any atom is 0.309 e. The molecule has 0 aromatic heterocycles. The van der Waals surface area contributed by atoms with E-state index in [1.807, 2.05) is 13.0 Å². The molecular weight excluding hydrogens is 184 g/mol. The summed E-state index contributed by atoms with van der Waals surface area (Å²) in [5.41, 5.74) is 0. The van der Waals surface area contributed by atoms with Crippen molar-refractivity contribution in [2.75, 3.05) is 0 Å². The van der Waals surface area contributed by atoms with Gasteiger partial charge < -0.3 is 14.6 Å². The molecule has 0 aromatic carbocycles. The second-order valence-corrected chi connectivity index (χ2v) is 3.83. The molecule has 14 heavy (non-hydrogen) atoms. The van der Waals surface area contributed by atoms with Crippen LogP contribution in [0.3, 0.4) is 0 Å². The average molecular weight is 198 g/mol. The van der Waals surface area contributed by atoms with E-state index in [0.29, 0.717) is 0 Å². The minimum absolute atomic E-state index is 0.0260. The number of aliphatic hydroxyl groups is 1. The van der Waals surface area contributed by atoms with Gasteiger partial charge in [-0.3, -0.25) is 4.79 Å². The molecule has 4 heteroatoms. The zero-order chi connectivity index (χ0) is 10.1. The number of fused-ring (bicyclic) bond motifs is 1. The van der Waals surface area contributed by atoms with Gasteiger partial charge in [0.2, 0.25) is 0 Å². The summed E-state index contributed by atoms with van der Waals surface area (Å²) in [6.45, 7) is 1.84. The van der Waals surface area contributed by atoms with Gasteiger partial charge in [-0.25, -0.2) is 0 Å². The van der Waals surface area contributed by atoms with Crippen LogP contribution in [0.15, 0.2) is 12.2 Å². The van der Waals surface area contributed by atoms with E-state index in [4.69, 9.17) is 9.47 Å². The lowest BCUT2D eigenvalue weighted by atomic mass is 10.1. The molecule has 2 rings (SSSR count). The highest BCUT2D eigenvalue weighted by atomic mass is 16.6. The van der Waals surface area contributed by atoms with Gasteiger partial charge in [0.15, 0.2) is 0 Å². The van der Waals surface area contributed by atoms with Gasteiger partial charge in [-0.05, 0) is 6.92 Å². The maximum absolute atomic E-state index is 11.2. The van der Waals surface area contributed by atoms with Crippen molar-refractivity contribution in [3.05, 3.63) is 12.2 Å². The number of epoxide rings is 1. The SMILES string of the molecule is C[C@@H]1C[C@@H]2O[C@@H]2C=C[C@@H](O)CC(=O)O1. The smallest absolute Gasteiger partial charge is 0.309 e. The number of hydrogen-bond acceptors (Lipinski definition) is 4. The summed E-state index contributed by atoms with van der Waals surface area (Å²) in [7, 11) is 0. The second-order valence-electron chi connectivity index (χ2n) is 3.83. The van der Waals surface area contributed by atoms with E-state index >= 15 is 0 Å². The molecule has 2 aliphatic rings. The third kappa shape index (κ3) is 2.33. The molecule has 2 heterocycles. The van der Waals surface area contributed by atoms with E-state index in [1.165, 1.54) is 0 Å². The Balaban J connectivity index is 2.02. The molecule has 1 N–H and O–H groups in total. The van der Waals surface area contributed by atoms with Crippen LogP contribution in [0.4, 0.5) is 0 Å². The van der Waals surface area contributed by atoms with E-state index in [0.717, 1.165) is 6.42 Å². The summed E-state index contributed by atoms with van der Waals surface area (Å²) < 4.78 is 10.4. The Labute approximate surface area is 82.5 Å². The van der Waals surface area contributed by atoms with Crippen LogP contribution in [0.25, 0.3) is 0 Å². The number of hydrogen-bond donors (Lipinski definition) is 1. The summed E-state index contributed by atoms with van der Waals surface area (Å²) in [5, 5.41) is 9.38. The molecule has 0 radical (unpaired) electrons. The molecule has 78 valence electrons. The summed E-state index contributed by atoms with van der Waals surface area (Å²) in [6.07, 6.45) is 3.55. The van der Waals surface area contributed by atoms with Crippen molar-refractivity contribution in [1.29, 1.82) is 0 Å². The van der Waals surface area contributed by atoms with Crippen molar-refractivity contribution in [3.8, 4) is 0 Å². The van der Waals surface area contributed by atoms with Gasteiger partial charge in [0.05, 0.1) is 18.6 Å². The highest BCUT2D eigenvalue weighted by molar-refractivity contribution is 5.70. The first-order chi connectivity index (χ1) is 6.65. The van der Waals surface area contributed by atoms with Crippen molar-refractivity contribution in [1.82, 2.24) is 0 Å². The van der Waals surface area contributed by atoms with Crippen LogP contribution < -0.4 is 0 Å². The van der Waals surface area contributed by atoms with E-state index in [2.05, 4.69) is 0 Å². The molecule has 0 bridgehead atoms. The summed E-state index contributed by atoms with van der Waals surface area (Å²) >= 11 is 0. The normalized spacial score (nSPS) is 42.6. The van der Waals surface area contributed by atoms with Gasteiger partial charge in [0.1, 0.15) is 12.2 Å².